The van der Waals surface area contributed by atoms with E-state index in [-0.39, 0.29) is 12.3 Å². The van der Waals surface area contributed by atoms with Crippen LogP contribution in [0.15, 0.2) is 36.5 Å². The van der Waals surface area contributed by atoms with E-state index in [9.17, 15) is 18.0 Å². The predicted octanol–water partition coefficient (Wildman–Crippen LogP) is 2.52. The Morgan fingerprint density at radius 1 is 1.35 bits per heavy atom. The molecule has 0 saturated heterocycles. The average Bonchev–Trinajstić information content (AvgIpc) is 2.89. The van der Waals surface area contributed by atoms with Crippen molar-refractivity contribution >= 4 is 5.91 Å². The van der Waals surface area contributed by atoms with Crippen LogP contribution >= 0.6 is 0 Å². The minimum absolute atomic E-state index is 0.212. The number of aryl methyl sites for hydroxylation is 1. The zero-order valence-corrected chi connectivity index (χ0v) is 12.6. The molecule has 1 N–H and O–H groups in total. The third kappa shape index (κ3) is 4.24. The van der Waals surface area contributed by atoms with Gasteiger partial charge in [0.05, 0.1) is 17.8 Å². The first-order chi connectivity index (χ1) is 10.8. The molecule has 23 heavy (non-hydrogen) atoms. The van der Waals surface area contributed by atoms with E-state index in [0.29, 0.717) is 0 Å². The molecule has 0 fully saturated rings. The van der Waals surface area contributed by atoms with Gasteiger partial charge in [-0.25, -0.2) is 0 Å². The second-order valence-corrected chi connectivity index (χ2v) is 4.92. The van der Waals surface area contributed by atoms with Crippen molar-refractivity contribution in [3.05, 3.63) is 47.8 Å². The molecule has 1 atom stereocenters. The average molecular weight is 327 g/mol. The highest BCUT2D eigenvalue weighted by atomic mass is 19.4. The van der Waals surface area contributed by atoms with E-state index in [2.05, 4.69) is 10.4 Å². The molecule has 1 aromatic heterocycles. The fourth-order valence-electron chi connectivity index (χ4n) is 1.94. The summed E-state index contributed by atoms with van der Waals surface area (Å²) in [4.78, 5) is 12.0. The normalized spacial score (nSPS) is 12.7. The zero-order valence-electron chi connectivity index (χ0n) is 12.6. The third-order valence-electron chi connectivity index (χ3n) is 3.23. The van der Waals surface area contributed by atoms with E-state index in [1.807, 2.05) is 0 Å². The van der Waals surface area contributed by atoms with Crippen molar-refractivity contribution in [2.75, 3.05) is 0 Å². The Bertz CT molecular complexity index is 683. The molecule has 1 aromatic carbocycles. The zero-order chi connectivity index (χ0) is 17.0. The lowest BCUT2D eigenvalue weighted by molar-refractivity contribution is -0.140. The van der Waals surface area contributed by atoms with Gasteiger partial charge in [0.1, 0.15) is 5.75 Å². The predicted molar refractivity (Wildman–Crippen MR) is 76.6 cm³/mol. The van der Waals surface area contributed by atoms with Gasteiger partial charge in [-0.3, -0.25) is 9.48 Å². The number of ether oxygens (including phenoxy) is 1. The van der Waals surface area contributed by atoms with E-state index in [1.165, 1.54) is 25.1 Å². The van der Waals surface area contributed by atoms with Crippen molar-refractivity contribution in [1.82, 2.24) is 15.1 Å². The molecule has 0 radical (unpaired) electrons. The van der Waals surface area contributed by atoms with Crippen LogP contribution in [0.3, 0.4) is 0 Å². The van der Waals surface area contributed by atoms with E-state index in [1.54, 1.807) is 24.0 Å². The molecule has 5 nitrogen and oxygen atoms in total. The molecule has 0 unspecified atom stereocenters. The molecule has 0 spiro atoms. The maximum Gasteiger partial charge on any atom is 0.419 e. The Kier molecular flexibility index (Phi) is 4.92. The summed E-state index contributed by atoms with van der Waals surface area (Å²) in [5.41, 5.74) is -0.146. The van der Waals surface area contributed by atoms with Gasteiger partial charge in [0.15, 0.2) is 6.10 Å². The summed E-state index contributed by atoms with van der Waals surface area (Å²) >= 11 is 0. The van der Waals surface area contributed by atoms with E-state index >= 15 is 0 Å². The van der Waals surface area contributed by atoms with Crippen molar-refractivity contribution in [3.8, 4) is 5.75 Å². The first-order valence-electron chi connectivity index (χ1n) is 6.86. The fourth-order valence-corrected chi connectivity index (χ4v) is 1.94. The minimum atomic E-state index is -4.54. The Labute approximate surface area is 131 Å². The van der Waals surface area contributed by atoms with Crippen LogP contribution in [0, 0.1) is 0 Å². The van der Waals surface area contributed by atoms with Crippen LogP contribution in [0.5, 0.6) is 5.75 Å². The standard InChI is InChI=1S/C15H16F3N3O2/c1-10(14(22)19-9-11-7-8-20-21(11)2)23-13-6-4-3-5-12(13)15(16,17)18/h3-8,10H,9H2,1-2H3,(H,19,22)/t10-/m1/s1. The molecule has 0 bridgehead atoms. The number of alkyl halides is 3. The largest absolute Gasteiger partial charge is 0.480 e. The molecule has 0 aliphatic carbocycles. The van der Waals surface area contributed by atoms with Gasteiger partial charge in [-0.15, -0.1) is 0 Å². The van der Waals surface area contributed by atoms with Gasteiger partial charge in [-0.05, 0) is 25.1 Å². The van der Waals surface area contributed by atoms with Gasteiger partial charge >= 0.3 is 6.18 Å². The lowest BCUT2D eigenvalue weighted by Gasteiger charge is -2.18. The third-order valence-corrected chi connectivity index (χ3v) is 3.23. The van der Waals surface area contributed by atoms with Crippen LogP contribution in [-0.2, 0) is 24.6 Å². The molecule has 0 saturated carbocycles. The van der Waals surface area contributed by atoms with Crippen molar-refractivity contribution in [2.45, 2.75) is 25.7 Å². The van der Waals surface area contributed by atoms with Crippen molar-refractivity contribution in [1.29, 1.82) is 0 Å². The quantitative estimate of drug-likeness (QED) is 0.918. The number of halogens is 3. The maximum absolute atomic E-state index is 12.9. The number of aromatic nitrogens is 2. The number of rotatable bonds is 5. The number of hydrogen-bond acceptors (Lipinski definition) is 3. The summed E-state index contributed by atoms with van der Waals surface area (Å²) in [6.45, 7) is 1.61. The Morgan fingerprint density at radius 2 is 2.04 bits per heavy atom. The topological polar surface area (TPSA) is 56.1 Å². The molecule has 8 heteroatoms. The molecule has 0 aliphatic heterocycles. The SMILES string of the molecule is C[C@@H](Oc1ccccc1C(F)(F)F)C(=O)NCc1ccnn1C. The summed E-state index contributed by atoms with van der Waals surface area (Å²) in [5, 5.41) is 6.55. The van der Waals surface area contributed by atoms with Crippen molar-refractivity contribution in [2.24, 2.45) is 7.05 Å². The minimum Gasteiger partial charge on any atom is -0.480 e. The highest BCUT2D eigenvalue weighted by Gasteiger charge is 2.34. The molecular formula is C15H16F3N3O2. The second-order valence-electron chi connectivity index (χ2n) is 4.92. The number of carbonyl (C=O) groups excluding carboxylic acids is 1. The number of para-hydroxylation sites is 1. The van der Waals surface area contributed by atoms with Crippen LogP contribution in [0.25, 0.3) is 0 Å². The number of nitrogens with one attached hydrogen (secondary N) is 1. The van der Waals surface area contributed by atoms with Crippen LogP contribution in [0.1, 0.15) is 18.2 Å². The first kappa shape index (κ1) is 16.9. The molecule has 0 aliphatic rings. The number of amides is 1. The molecule has 2 rings (SSSR count). The van der Waals surface area contributed by atoms with Crippen LogP contribution < -0.4 is 10.1 Å². The van der Waals surface area contributed by atoms with Gasteiger partial charge in [0.2, 0.25) is 0 Å². The van der Waals surface area contributed by atoms with Crippen molar-refractivity contribution < 1.29 is 22.7 Å². The molecule has 1 amide bonds. The van der Waals surface area contributed by atoms with E-state index in [4.69, 9.17) is 4.74 Å². The number of hydrogen-bond donors (Lipinski definition) is 1. The highest BCUT2D eigenvalue weighted by Crippen LogP contribution is 2.36. The lowest BCUT2D eigenvalue weighted by Crippen LogP contribution is -2.36. The number of carbonyl (C=O) groups is 1. The lowest BCUT2D eigenvalue weighted by atomic mass is 10.2. The fraction of sp³-hybridized carbons (Fsp3) is 0.333. The summed E-state index contributed by atoms with van der Waals surface area (Å²) in [7, 11) is 1.72. The summed E-state index contributed by atoms with van der Waals surface area (Å²) in [6.07, 6.45) is -4.02. The van der Waals surface area contributed by atoms with Crippen LogP contribution in [0.2, 0.25) is 0 Å². The maximum atomic E-state index is 12.9. The molecule has 124 valence electrons. The van der Waals surface area contributed by atoms with Crippen LogP contribution in [-0.4, -0.2) is 21.8 Å². The van der Waals surface area contributed by atoms with Crippen LogP contribution in [0.4, 0.5) is 13.2 Å². The number of benzene rings is 1. The summed E-state index contributed by atoms with van der Waals surface area (Å²) in [6, 6.07) is 6.52. The first-order valence-corrected chi connectivity index (χ1v) is 6.86. The molecular weight excluding hydrogens is 311 g/mol. The van der Waals surface area contributed by atoms with Gasteiger partial charge in [-0.2, -0.15) is 18.3 Å². The summed E-state index contributed by atoms with van der Waals surface area (Å²) < 4.78 is 45.4. The Morgan fingerprint density at radius 3 is 2.65 bits per heavy atom. The van der Waals surface area contributed by atoms with E-state index in [0.717, 1.165) is 11.8 Å². The Hall–Kier alpha value is -2.51. The van der Waals surface area contributed by atoms with Gasteiger partial charge in [0, 0.05) is 13.2 Å². The van der Waals surface area contributed by atoms with Gasteiger partial charge in [0.25, 0.3) is 5.91 Å². The molecule has 1 heterocycles. The van der Waals surface area contributed by atoms with E-state index < -0.39 is 23.8 Å². The summed E-state index contributed by atoms with van der Waals surface area (Å²) in [5.74, 6) is -0.883. The van der Waals surface area contributed by atoms with Gasteiger partial charge in [-0.1, -0.05) is 12.1 Å². The Balaban J connectivity index is 2.00. The second kappa shape index (κ2) is 6.72. The number of nitrogens with zero attached hydrogens (tertiary/aromatic N) is 2. The highest BCUT2D eigenvalue weighted by molar-refractivity contribution is 5.80. The monoisotopic (exact) mass is 327 g/mol. The smallest absolute Gasteiger partial charge is 0.419 e. The molecule has 2 aromatic rings. The van der Waals surface area contributed by atoms with Gasteiger partial charge < -0.3 is 10.1 Å². The van der Waals surface area contributed by atoms with Crippen molar-refractivity contribution in [3.63, 3.8) is 0 Å².